The first-order valence-electron chi connectivity index (χ1n) is 7.66. The smallest absolute Gasteiger partial charge is 0.318 e. The fraction of sp³-hybridized carbons (Fsp3) is 0.118. The van der Waals surface area contributed by atoms with Crippen molar-refractivity contribution in [3.8, 4) is 0 Å². The quantitative estimate of drug-likeness (QED) is 0.562. The second-order valence-corrected chi connectivity index (χ2v) is 9.52. The molecule has 0 spiro atoms. The van der Waals surface area contributed by atoms with Gasteiger partial charge in [0.05, 0.1) is 10.6 Å². The molecule has 2 aromatic carbocycles. The van der Waals surface area contributed by atoms with Gasteiger partial charge >= 0.3 is 5.97 Å². The molecule has 0 saturated carbocycles. The van der Waals surface area contributed by atoms with Crippen LogP contribution in [0.4, 0.5) is 0 Å². The van der Waals surface area contributed by atoms with E-state index in [2.05, 4.69) is 0 Å². The molecule has 9 nitrogen and oxygen atoms in total. The highest BCUT2D eigenvalue weighted by Crippen LogP contribution is 2.33. The molecule has 2 N–H and O–H groups in total. The molecule has 0 heterocycles. The van der Waals surface area contributed by atoms with Crippen molar-refractivity contribution in [3.63, 3.8) is 0 Å². The maximum Gasteiger partial charge on any atom is 0.318 e. The molecule has 0 saturated heterocycles. The van der Waals surface area contributed by atoms with Crippen LogP contribution in [0.15, 0.2) is 41.3 Å². The van der Waals surface area contributed by atoms with E-state index in [4.69, 9.17) is 5.11 Å². The first-order valence-corrected chi connectivity index (χ1v) is 10.9. The summed E-state index contributed by atoms with van der Waals surface area (Å²) in [5.41, 5.74) is -1.32. The predicted octanol–water partition coefficient (Wildman–Crippen LogP) is 0.708. The van der Waals surface area contributed by atoms with E-state index < -0.39 is 65.0 Å². The number of carboxylic acid groups (broad SMARTS) is 1. The summed E-state index contributed by atoms with van der Waals surface area (Å²) in [6.45, 7) is 0. The molecule has 28 heavy (non-hydrogen) atoms. The summed E-state index contributed by atoms with van der Waals surface area (Å²) in [5, 5.41) is 8.75. The molecule has 0 atom stereocenters. The Morgan fingerprint density at radius 3 is 1.96 bits per heavy atom. The van der Waals surface area contributed by atoms with Gasteiger partial charge in [0.25, 0.3) is 10.1 Å². The third-order valence-corrected chi connectivity index (χ3v) is 6.50. The zero-order chi connectivity index (χ0) is 20.9. The first kappa shape index (κ1) is 19.9. The Labute approximate surface area is 159 Å². The summed E-state index contributed by atoms with van der Waals surface area (Å²) in [6, 6.07) is 7.56. The second kappa shape index (κ2) is 6.62. The van der Waals surface area contributed by atoms with Gasteiger partial charge in [-0.3, -0.25) is 18.9 Å². The Morgan fingerprint density at radius 2 is 1.43 bits per heavy atom. The second-order valence-electron chi connectivity index (χ2n) is 6.07. The van der Waals surface area contributed by atoms with Gasteiger partial charge in [-0.2, -0.15) is 8.42 Å². The largest absolute Gasteiger partial charge is 0.480 e. The fourth-order valence-electron chi connectivity index (χ4n) is 3.08. The number of hydrogen-bond donors (Lipinski definition) is 2. The summed E-state index contributed by atoms with van der Waals surface area (Å²) in [4.78, 5) is 35.5. The van der Waals surface area contributed by atoms with Crippen LogP contribution in [0.3, 0.4) is 0 Å². The molecule has 0 amide bonds. The first-order chi connectivity index (χ1) is 12.9. The Kier molecular flexibility index (Phi) is 4.69. The Hall–Kier alpha value is -2.89. The average Bonchev–Trinajstić information content (AvgIpc) is 2.56. The summed E-state index contributed by atoms with van der Waals surface area (Å²) < 4.78 is 57.2. The lowest BCUT2D eigenvalue weighted by Crippen LogP contribution is -2.26. The van der Waals surface area contributed by atoms with E-state index in [9.17, 15) is 35.8 Å². The van der Waals surface area contributed by atoms with Gasteiger partial charge in [-0.25, -0.2) is 8.42 Å². The highest BCUT2D eigenvalue weighted by molar-refractivity contribution is 7.91. The lowest BCUT2D eigenvalue weighted by molar-refractivity contribution is -0.134. The third kappa shape index (κ3) is 3.46. The number of fused-ring (bicyclic) bond motifs is 2. The molecule has 0 radical (unpaired) electrons. The van der Waals surface area contributed by atoms with Gasteiger partial charge in [0.15, 0.2) is 21.4 Å². The number of carbonyl (C=O) groups is 3. The molecule has 0 bridgehead atoms. The molecule has 11 heteroatoms. The lowest BCUT2D eigenvalue weighted by atomic mass is 9.82. The van der Waals surface area contributed by atoms with Gasteiger partial charge in [0.1, 0.15) is 5.75 Å². The summed E-state index contributed by atoms with van der Waals surface area (Å²) in [6.07, 6.45) is 0. The molecule has 0 aromatic heterocycles. The summed E-state index contributed by atoms with van der Waals surface area (Å²) in [5.74, 6) is -5.56. The molecule has 1 aliphatic rings. The van der Waals surface area contributed by atoms with Crippen molar-refractivity contribution in [2.24, 2.45) is 0 Å². The van der Waals surface area contributed by atoms with Crippen molar-refractivity contribution in [2.45, 2.75) is 10.6 Å². The summed E-state index contributed by atoms with van der Waals surface area (Å²) in [7, 11) is -9.37. The number of carboxylic acids is 1. The number of benzene rings is 2. The number of aliphatic carboxylic acids is 1. The third-order valence-electron chi connectivity index (χ3n) is 4.14. The number of carbonyl (C=O) groups excluding carboxylic acids is 2. The minimum absolute atomic E-state index is 0.0515. The standard InChI is InChI=1S/C17H12O9S2/c18-14(19)8-27(22,23)7-12-13(28(24,25)26)6-5-11-15(12)17(21)10-4-2-1-3-9(10)16(11)20/h1-6H,7-8H2,(H,18,19)(H,24,25,26). The highest BCUT2D eigenvalue weighted by atomic mass is 32.2. The maximum absolute atomic E-state index is 12.9. The van der Waals surface area contributed by atoms with Crippen LogP contribution in [0, 0.1) is 0 Å². The van der Waals surface area contributed by atoms with Crippen LogP contribution in [-0.4, -0.2) is 49.8 Å². The molecule has 146 valence electrons. The van der Waals surface area contributed by atoms with Gasteiger partial charge < -0.3 is 5.11 Å². The molecule has 2 aromatic rings. The molecule has 0 aliphatic heterocycles. The van der Waals surface area contributed by atoms with Crippen molar-refractivity contribution in [1.29, 1.82) is 0 Å². The number of ketones is 2. The molecular weight excluding hydrogens is 412 g/mol. The fourth-order valence-corrected chi connectivity index (χ4v) is 5.12. The maximum atomic E-state index is 12.9. The minimum Gasteiger partial charge on any atom is -0.480 e. The number of hydrogen-bond acceptors (Lipinski definition) is 7. The minimum atomic E-state index is -4.96. The van der Waals surface area contributed by atoms with Gasteiger partial charge in [-0.1, -0.05) is 24.3 Å². The van der Waals surface area contributed by atoms with Crippen LogP contribution in [0.2, 0.25) is 0 Å². The lowest BCUT2D eigenvalue weighted by Gasteiger charge is -2.21. The van der Waals surface area contributed by atoms with Crippen LogP contribution < -0.4 is 0 Å². The highest BCUT2D eigenvalue weighted by Gasteiger charge is 2.36. The normalized spacial score (nSPS) is 13.8. The Balaban J connectivity index is 2.33. The van der Waals surface area contributed by atoms with E-state index in [0.717, 1.165) is 12.1 Å². The van der Waals surface area contributed by atoms with Crippen LogP contribution in [-0.2, 0) is 30.5 Å². The van der Waals surface area contributed by atoms with E-state index >= 15 is 0 Å². The summed E-state index contributed by atoms with van der Waals surface area (Å²) >= 11 is 0. The van der Waals surface area contributed by atoms with Crippen molar-refractivity contribution < 1.29 is 40.9 Å². The Morgan fingerprint density at radius 1 is 0.857 bits per heavy atom. The monoisotopic (exact) mass is 424 g/mol. The van der Waals surface area contributed by atoms with Gasteiger partial charge in [0, 0.05) is 27.8 Å². The number of rotatable bonds is 5. The van der Waals surface area contributed by atoms with E-state index in [-0.39, 0.29) is 16.7 Å². The van der Waals surface area contributed by atoms with Crippen LogP contribution >= 0.6 is 0 Å². The topological polar surface area (TPSA) is 160 Å². The van der Waals surface area contributed by atoms with Crippen molar-refractivity contribution in [1.82, 2.24) is 0 Å². The molecular formula is C17H12O9S2. The Bertz CT molecular complexity index is 1260. The van der Waals surface area contributed by atoms with Crippen molar-refractivity contribution in [3.05, 3.63) is 64.2 Å². The predicted molar refractivity (Wildman–Crippen MR) is 94.7 cm³/mol. The molecule has 0 unspecified atom stereocenters. The van der Waals surface area contributed by atoms with Crippen molar-refractivity contribution in [2.75, 3.05) is 5.75 Å². The molecule has 3 rings (SSSR count). The zero-order valence-corrected chi connectivity index (χ0v) is 15.6. The molecule has 1 aliphatic carbocycles. The van der Waals surface area contributed by atoms with Gasteiger partial charge in [-0.05, 0) is 12.1 Å². The van der Waals surface area contributed by atoms with Crippen LogP contribution in [0.5, 0.6) is 0 Å². The van der Waals surface area contributed by atoms with Gasteiger partial charge in [-0.15, -0.1) is 0 Å². The van der Waals surface area contributed by atoms with Crippen LogP contribution in [0.25, 0.3) is 0 Å². The van der Waals surface area contributed by atoms with E-state index in [1.807, 2.05) is 0 Å². The number of sulfone groups is 1. The molecule has 0 fully saturated rings. The van der Waals surface area contributed by atoms with E-state index in [1.165, 1.54) is 24.3 Å². The van der Waals surface area contributed by atoms with E-state index in [0.29, 0.717) is 0 Å². The van der Waals surface area contributed by atoms with Crippen molar-refractivity contribution >= 4 is 37.5 Å². The SMILES string of the molecule is O=C(O)CS(=O)(=O)Cc1c(S(=O)(=O)O)ccc2c1C(=O)c1ccccc1C2=O. The zero-order valence-electron chi connectivity index (χ0n) is 13.9. The average molecular weight is 424 g/mol. The van der Waals surface area contributed by atoms with E-state index in [1.54, 1.807) is 0 Å². The van der Waals surface area contributed by atoms with Gasteiger partial charge in [0.2, 0.25) is 0 Å². The van der Waals surface area contributed by atoms with Crippen LogP contribution in [0.1, 0.15) is 37.4 Å².